The van der Waals surface area contributed by atoms with Gasteiger partial charge in [0.05, 0.1) is 11.3 Å². The molecule has 0 saturated carbocycles. The van der Waals surface area contributed by atoms with Crippen LogP contribution in [0.5, 0.6) is 0 Å². The molecule has 0 spiro atoms. The second-order valence-corrected chi connectivity index (χ2v) is 8.43. The molecule has 4 aromatic rings. The smallest absolute Gasteiger partial charge is 0.252 e. The van der Waals surface area contributed by atoms with E-state index >= 15 is 0 Å². The molecule has 1 amide bonds. The van der Waals surface area contributed by atoms with E-state index in [0.717, 1.165) is 31.5 Å². The average Bonchev–Trinajstić information content (AvgIpc) is 3.10. The molecule has 2 N–H and O–H groups in total. The lowest BCUT2D eigenvalue weighted by Gasteiger charge is -2.08. The van der Waals surface area contributed by atoms with Crippen molar-refractivity contribution in [2.75, 3.05) is 12.3 Å². The third kappa shape index (κ3) is 4.38. The maximum Gasteiger partial charge on any atom is 0.252 e. The molecule has 0 aliphatic carbocycles. The first-order chi connectivity index (χ1) is 14.1. The molecule has 146 valence electrons. The van der Waals surface area contributed by atoms with E-state index in [2.05, 4.69) is 32.3 Å². The second kappa shape index (κ2) is 8.84. The highest BCUT2D eigenvalue weighted by atomic mass is 79.9. The number of amides is 1. The van der Waals surface area contributed by atoms with Crippen molar-refractivity contribution in [1.82, 2.24) is 10.3 Å². The summed E-state index contributed by atoms with van der Waals surface area (Å²) in [6.07, 6.45) is 0. The van der Waals surface area contributed by atoms with E-state index in [1.54, 1.807) is 30.0 Å². The molecule has 0 atom stereocenters. The predicted octanol–water partition coefficient (Wildman–Crippen LogP) is 6.26. The first kappa shape index (κ1) is 19.7. The van der Waals surface area contributed by atoms with Crippen LogP contribution in [0, 0.1) is 5.82 Å². The number of carbonyl (C=O) groups excluding carboxylic acids is 1. The van der Waals surface area contributed by atoms with Crippen LogP contribution < -0.4 is 5.32 Å². The molecule has 0 saturated heterocycles. The number of aromatic nitrogens is 1. The Morgan fingerprint density at radius 1 is 1.00 bits per heavy atom. The Bertz CT molecular complexity index is 1160. The number of para-hydroxylation sites is 1. The largest absolute Gasteiger partial charge is 0.354 e. The van der Waals surface area contributed by atoms with Gasteiger partial charge in [-0.25, -0.2) is 4.39 Å². The van der Waals surface area contributed by atoms with E-state index in [0.29, 0.717) is 17.9 Å². The average molecular weight is 469 g/mol. The quantitative estimate of drug-likeness (QED) is 0.259. The molecule has 1 heterocycles. The van der Waals surface area contributed by atoms with Gasteiger partial charge in [0.1, 0.15) is 5.82 Å². The van der Waals surface area contributed by atoms with Crippen molar-refractivity contribution in [2.24, 2.45) is 0 Å². The number of halogens is 2. The number of fused-ring (bicyclic) bond motifs is 1. The number of H-pyrrole nitrogens is 1. The highest BCUT2D eigenvalue weighted by Crippen LogP contribution is 2.37. The maximum absolute atomic E-state index is 13.3. The number of benzene rings is 3. The summed E-state index contributed by atoms with van der Waals surface area (Å²) in [7, 11) is 0. The van der Waals surface area contributed by atoms with E-state index in [-0.39, 0.29) is 11.7 Å². The predicted molar refractivity (Wildman–Crippen MR) is 121 cm³/mol. The van der Waals surface area contributed by atoms with Gasteiger partial charge in [0.2, 0.25) is 0 Å². The van der Waals surface area contributed by atoms with Crippen molar-refractivity contribution < 1.29 is 9.18 Å². The van der Waals surface area contributed by atoms with Crippen molar-refractivity contribution in [3.8, 4) is 11.3 Å². The summed E-state index contributed by atoms with van der Waals surface area (Å²) >= 11 is 5.08. The van der Waals surface area contributed by atoms with Gasteiger partial charge in [0, 0.05) is 32.6 Å². The molecule has 4 rings (SSSR count). The van der Waals surface area contributed by atoms with Gasteiger partial charge in [-0.1, -0.05) is 30.3 Å². The molecule has 3 aromatic carbocycles. The first-order valence-electron chi connectivity index (χ1n) is 9.15. The van der Waals surface area contributed by atoms with E-state index in [4.69, 9.17) is 0 Å². The van der Waals surface area contributed by atoms with Gasteiger partial charge in [-0.2, -0.15) is 0 Å². The minimum Gasteiger partial charge on any atom is -0.354 e. The zero-order chi connectivity index (χ0) is 20.2. The summed E-state index contributed by atoms with van der Waals surface area (Å²) in [6.45, 7) is 0.535. The lowest BCUT2D eigenvalue weighted by molar-refractivity contribution is 0.0955. The molecular formula is C23H18BrFN2OS. The summed E-state index contributed by atoms with van der Waals surface area (Å²) < 4.78 is 14.1. The number of aromatic amines is 1. The number of rotatable bonds is 6. The Balaban J connectivity index is 1.50. The normalized spacial score (nSPS) is 11.0. The van der Waals surface area contributed by atoms with Crippen LogP contribution in [0.3, 0.4) is 0 Å². The molecule has 1 aromatic heterocycles. The summed E-state index contributed by atoms with van der Waals surface area (Å²) in [5, 5.41) is 4.09. The Hall–Kier alpha value is -2.57. The summed E-state index contributed by atoms with van der Waals surface area (Å²) in [5.74, 6) is 0.358. The van der Waals surface area contributed by atoms with E-state index in [1.807, 2.05) is 36.4 Å². The zero-order valence-corrected chi connectivity index (χ0v) is 17.8. The van der Waals surface area contributed by atoms with Gasteiger partial charge in [-0.3, -0.25) is 4.79 Å². The van der Waals surface area contributed by atoms with Gasteiger partial charge in [0.25, 0.3) is 5.91 Å². The fourth-order valence-corrected chi connectivity index (χ4v) is 4.66. The number of hydrogen-bond donors (Lipinski definition) is 2. The van der Waals surface area contributed by atoms with E-state index in [1.165, 1.54) is 12.1 Å². The standard InChI is InChI=1S/C23H18BrFN2OS/c24-19-7-3-1-5-17(19)23(28)26-13-14-29-22-18-6-2-4-8-20(18)27-21(22)15-9-11-16(25)12-10-15/h1-12,27H,13-14H2,(H,26,28). The van der Waals surface area contributed by atoms with Crippen molar-refractivity contribution in [3.63, 3.8) is 0 Å². The monoisotopic (exact) mass is 468 g/mol. The Labute approximate surface area is 180 Å². The molecule has 0 aliphatic rings. The maximum atomic E-state index is 13.3. The summed E-state index contributed by atoms with van der Waals surface area (Å²) in [4.78, 5) is 16.9. The van der Waals surface area contributed by atoms with E-state index < -0.39 is 0 Å². The fraction of sp³-hybridized carbons (Fsp3) is 0.0870. The van der Waals surface area contributed by atoms with Crippen LogP contribution in [0.4, 0.5) is 4.39 Å². The van der Waals surface area contributed by atoms with Crippen LogP contribution in [0.15, 0.2) is 82.2 Å². The second-order valence-electron chi connectivity index (χ2n) is 6.47. The Morgan fingerprint density at radius 3 is 2.52 bits per heavy atom. The number of thioether (sulfide) groups is 1. The minimum atomic E-state index is -0.256. The topological polar surface area (TPSA) is 44.9 Å². The molecule has 6 heteroatoms. The van der Waals surface area contributed by atoms with Crippen LogP contribution in [0.25, 0.3) is 22.2 Å². The molecule has 0 bridgehead atoms. The van der Waals surface area contributed by atoms with Crippen molar-refractivity contribution in [3.05, 3.63) is 88.6 Å². The third-order valence-corrected chi connectivity index (χ3v) is 6.36. The summed E-state index contributed by atoms with van der Waals surface area (Å²) in [6, 6.07) is 21.9. The molecule has 3 nitrogen and oxygen atoms in total. The van der Waals surface area contributed by atoms with Gasteiger partial charge in [-0.15, -0.1) is 11.8 Å². The lowest BCUT2D eigenvalue weighted by atomic mass is 10.1. The third-order valence-electron chi connectivity index (χ3n) is 4.54. The van der Waals surface area contributed by atoms with Crippen LogP contribution in [-0.4, -0.2) is 23.2 Å². The lowest BCUT2D eigenvalue weighted by Crippen LogP contribution is -2.26. The van der Waals surface area contributed by atoms with Crippen LogP contribution >= 0.6 is 27.7 Å². The van der Waals surface area contributed by atoms with Gasteiger partial charge < -0.3 is 10.3 Å². The van der Waals surface area contributed by atoms with Gasteiger partial charge in [0.15, 0.2) is 0 Å². The van der Waals surface area contributed by atoms with E-state index in [9.17, 15) is 9.18 Å². The minimum absolute atomic E-state index is 0.101. The highest BCUT2D eigenvalue weighted by molar-refractivity contribution is 9.10. The Kier molecular flexibility index (Phi) is 6.02. The Morgan fingerprint density at radius 2 is 1.72 bits per heavy atom. The summed E-state index contributed by atoms with van der Waals surface area (Å²) in [5.41, 5.74) is 3.55. The SMILES string of the molecule is O=C(NCCSc1c(-c2ccc(F)cc2)[nH]c2ccccc12)c1ccccc1Br. The molecular weight excluding hydrogens is 451 g/mol. The van der Waals surface area contributed by atoms with Crippen LogP contribution in [-0.2, 0) is 0 Å². The van der Waals surface area contributed by atoms with Crippen molar-refractivity contribution in [1.29, 1.82) is 0 Å². The first-order valence-corrected chi connectivity index (χ1v) is 10.9. The molecule has 0 fully saturated rings. The number of hydrogen-bond acceptors (Lipinski definition) is 2. The van der Waals surface area contributed by atoms with Crippen LogP contribution in [0.1, 0.15) is 10.4 Å². The molecule has 29 heavy (non-hydrogen) atoms. The number of nitrogens with one attached hydrogen (secondary N) is 2. The van der Waals surface area contributed by atoms with Gasteiger partial charge in [-0.05, 0) is 64.0 Å². The molecule has 0 radical (unpaired) electrons. The highest BCUT2D eigenvalue weighted by Gasteiger charge is 2.14. The zero-order valence-electron chi connectivity index (χ0n) is 15.4. The van der Waals surface area contributed by atoms with Gasteiger partial charge >= 0.3 is 0 Å². The van der Waals surface area contributed by atoms with Crippen molar-refractivity contribution >= 4 is 44.5 Å². The number of carbonyl (C=O) groups is 1. The fourth-order valence-electron chi connectivity index (χ4n) is 3.14. The molecule has 0 aliphatic heterocycles. The van der Waals surface area contributed by atoms with Crippen LogP contribution in [0.2, 0.25) is 0 Å². The molecule has 0 unspecified atom stereocenters. The van der Waals surface area contributed by atoms with Crippen molar-refractivity contribution in [2.45, 2.75) is 4.90 Å².